The van der Waals surface area contributed by atoms with E-state index in [-0.39, 0.29) is 23.6 Å². The summed E-state index contributed by atoms with van der Waals surface area (Å²) in [5.74, 6) is -0.903. The Labute approximate surface area is 96.5 Å². The summed E-state index contributed by atoms with van der Waals surface area (Å²) >= 11 is 0. The quantitative estimate of drug-likeness (QED) is 0.811. The van der Waals surface area contributed by atoms with Crippen LogP contribution in [-0.4, -0.2) is 25.2 Å². The van der Waals surface area contributed by atoms with Gasteiger partial charge < -0.3 is 15.2 Å². The van der Waals surface area contributed by atoms with Crippen LogP contribution in [0.5, 0.6) is 5.88 Å². The fourth-order valence-electron chi connectivity index (χ4n) is 1.36. The molecular weight excluding hydrogens is 234 g/mol. The first-order chi connectivity index (χ1) is 8.01. The number of rotatable bonds is 4. The van der Waals surface area contributed by atoms with E-state index < -0.39 is 18.0 Å². The van der Waals surface area contributed by atoms with Crippen LogP contribution in [0.15, 0.2) is 6.20 Å². The van der Waals surface area contributed by atoms with Crippen LogP contribution in [0.1, 0.15) is 17.6 Å². The van der Waals surface area contributed by atoms with Crippen LogP contribution < -0.4 is 10.5 Å². The molecule has 1 aromatic heterocycles. The number of nitrogens with two attached hydrogens (primary N) is 1. The van der Waals surface area contributed by atoms with Crippen LogP contribution in [0.2, 0.25) is 0 Å². The van der Waals surface area contributed by atoms with Crippen molar-refractivity contribution in [2.75, 3.05) is 20.0 Å². The Bertz CT molecular complexity index is 424. The molecule has 1 aromatic rings. The van der Waals surface area contributed by atoms with E-state index in [0.717, 1.165) is 0 Å². The maximum absolute atomic E-state index is 12.9. The van der Waals surface area contributed by atoms with E-state index in [9.17, 15) is 13.6 Å². The summed E-state index contributed by atoms with van der Waals surface area (Å²) in [7, 11) is 2.38. The minimum Gasteiger partial charge on any atom is -0.481 e. The zero-order chi connectivity index (χ0) is 13.0. The van der Waals surface area contributed by atoms with E-state index >= 15 is 0 Å². The first-order valence-electron chi connectivity index (χ1n) is 4.67. The number of methoxy groups -OCH3 is 2. The predicted octanol–water partition coefficient (Wildman–Crippen LogP) is 1.33. The van der Waals surface area contributed by atoms with Gasteiger partial charge in [0, 0.05) is 5.56 Å². The normalized spacial score (nSPS) is 10.4. The van der Waals surface area contributed by atoms with Crippen molar-refractivity contribution in [1.29, 1.82) is 0 Å². The van der Waals surface area contributed by atoms with Gasteiger partial charge in [0.15, 0.2) is 0 Å². The molecule has 0 saturated carbocycles. The molecule has 0 unspecified atom stereocenters. The average Bonchev–Trinajstić information content (AvgIpc) is 2.30. The third-order valence-electron chi connectivity index (χ3n) is 2.19. The lowest BCUT2D eigenvalue weighted by Crippen LogP contribution is -2.11. The number of ether oxygens (including phenoxy) is 2. The minimum absolute atomic E-state index is 0.00602. The van der Waals surface area contributed by atoms with Crippen molar-refractivity contribution in [3.8, 4) is 5.88 Å². The first-order valence-corrected chi connectivity index (χ1v) is 4.67. The Hall–Kier alpha value is -1.92. The van der Waals surface area contributed by atoms with Gasteiger partial charge >= 0.3 is 5.97 Å². The third kappa shape index (κ3) is 2.80. The zero-order valence-corrected chi connectivity index (χ0v) is 9.37. The number of alkyl halides is 2. The summed E-state index contributed by atoms with van der Waals surface area (Å²) in [5, 5.41) is 0. The number of anilines is 1. The lowest BCUT2D eigenvalue weighted by atomic mass is 10.1. The Morgan fingerprint density at radius 3 is 2.65 bits per heavy atom. The van der Waals surface area contributed by atoms with Crippen molar-refractivity contribution in [3.05, 3.63) is 17.3 Å². The Kier molecular flexibility index (Phi) is 4.19. The van der Waals surface area contributed by atoms with Crippen molar-refractivity contribution in [1.82, 2.24) is 4.98 Å². The van der Waals surface area contributed by atoms with Crippen LogP contribution in [0.25, 0.3) is 0 Å². The topological polar surface area (TPSA) is 74.4 Å². The number of esters is 1. The van der Waals surface area contributed by atoms with E-state index in [2.05, 4.69) is 9.72 Å². The molecule has 0 atom stereocenters. The summed E-state index contributed by atoms with van der Waals surface area (Å²) in [6.45, 7) is 0. The number of halogens is 2. The number of nitrogens with zero attached hydrogens (tertiary/aromatic N) is 1. The highest BCUT2D eigenvalue weighted by molar-refractivity contribution is 5.76. The summed E-state index contributed by atoms with van der Waals surface area (Å²) in [4.78, 5) is 14.8. The van der Waals surface area contributed by atoms with Crippen LogP contribution in [-0.2, 0) is 16.0 Å². The molecule has 94 valence electrons. The summed E-state index contributed by atoms with van der Waals surface area (Å²) in [6, 6.07) is 0. The molecule has 0 bridgehead atoms. The highest BCUT2D eigenvalue weighted by atomic mass is 19.3. The van der Waals surface area contributed by atoms with Crippen molar-refractivity contribution >= 4 is 11.7 Å². The van der Waals surface area contributed by atoms with Gasteiger partial charge in [-0.15, -0.1) is 0 Å². The molecule has 7 heteroatoms. The number of carbonyl (C=O) groups excluding carboxylic acids is 1. The monoisotopic (exact) mass is 246 g/mol. The van der Waals surface area contributed by atoms with Gasteiger partial charge in [-0.1, -0.05) is 0 Å². The van der Waals surface area contributed by atoms with E-state index in [1.165, 1.54) is 20.4 Å². The van der Waals surface area contributed by atoms with Gasteiger partial charge in [-0.05, 0) is 0 Å². The third-order valence-corrected chi connectivity index (χ3v) is 2.19. The number of carbonyl (C=O) groups is 1. The predicted molar refractivity (Wildman–Crippen MR) is 55.9 cm³/mol. The van der Waals surface area contributed by atoms with Gasteiger partial charge in [0.05, 0.1) is 38.1 Å². The Morgan fingerprint density at radius 2 is 2.18 bits per heavy atom. The Morgan fingerprint density at radius 1 is 1.53 bits per heavy atom. The molecule has 0 aliphatic carbocycles. The molecule has 0 aromatic carbocycles. The van der Waals surface area contributed by atoms with Crippen LogP contribution in [0.4, 0.5) is 14.5 Å². The molecule has 0 radical (unpaired) electrons. The zero-order valence-electron chi connectivity index (χ0n) is 9.37. The van der Waals surface area contributed by atoms with E-state index in [1.807, 2.05) is 0 Å². The average molecular weight is 246 g/mol. The molecule has 0 saturated heterocycles. The molecule has 0 spiro atoms. The van der Waals surface area contributed by atoms with Crippen LogP contribution >= 0.6 is 0 Å². The van der Waals surface area contributed by atoms with Gasteiger partial charge in [-0.3, -0.25) is 4.79 Å². The van der Waals surface area contributed by atoms with Crippen molar-refractivity contribution in [3.63, 3.8) is 0 Å². The maximum atomic E-state index is 12.9. The number of pyridine rings is 1. The second-order valence-electron chi connectivity index (χ2n) is 3.17. The van der Waals surface area contributed by atoms with Gasteiger partial charge in [0.25, 0.3) is 6.43 Å². The molecule has 0 amide bonds. The first kappa shape index (κ1) is 13.1. The second-order valence-corrected chi connectivity index (χ2v) is 3.17. The smallest absolute Gasteiger partial charge is 0.310 e. The molecule has 0 aliphatic heterocycles. The molecular formula is C10H12F2N2O3. The van der Waals surface area contributed by atoms with Gasteiger partial charge in [0.2, 0.25) is 5.88 Å². The highest BCUT2D eigenvalue weighted by Gasteiger charge is 2.24. The summed E-state index contributed by atoms with van der Waals surface area (Å²) < 4.78 is 34.9. The van der Waals surface area contributed by atoms with Gasteiger partial charge in [0.1, 0.15) is 0 Å². The number of hydrogen-bond donors (Lipinski definition) is 1. The maximum Gasteiger partial charge on any atom is 0.310 e. The molecule has 0 fully saturated rings. The SMILES string of the molecule is COC(=O)Cc1c(N)cnc(OC)c1C(F)F. The summed E-state index contributed by atoms with van der Waals surface area (Å²) in [6.07, 6.45) is -2.01. The fraction of sp³-hybridized carbons (Fsp3) is 0.400. The van der Waals surface area contributed by atoms with Crippen molar-refractivity contribution in [2.24, 2.45) is 0 Å². The largest absolute Gasteiger partial charge is 0.481 e. The van der Waals surface area contributed by atoms with Gasteiger partial charge in [-0.25, -0.2) is 13.8 Å². The van der Waals surface area contributed by atoms with Crippen molar-refractivity contribution < 1.29 is 23.0 Å². The fourth-order valence-corrected chi connectivity index (χ4v) is 1.36. The number of hydrogen-bond acceptors (Lipinski definition) is 5. The molecule has 1 rings (SSSR count). The van der Waals surface area contributed by atoms with E-state index in [0.29, 0.717) is 0 Å². The Balaban J connectivity index is 3.28. The van der Waals surface area contributed by atoms with E-state index in [4.69, 9.17) is 10.5 Å². The highest BCUT2D eigenvalue weighted by Crippen LogP contribution is 2.33. The lowest BCUT2D eigenvalue weighted by Gasteiger charge is -2.13. The number of aromatic nitrogens is 1. The second kappa shape index (κ2) is 5.42. The standard InChI is InChI=1S/C10H12F2N2O3/c1-16-7(15)3-5-6(13)4-14-10(17-2)8(5)9(11)12/h4,9H,3,13H2,1-2H3. The molecule has 2 N–H and O–H groups in total. The summed E-state index contributed by atoms with van der Waals surface area (Å²) in [5.41, 5.74) is 5.04. The van der Waals surface area contributed by atoms with Crippen LogP contribution in [0, 0.1) is 0 Å². The van der Waals surface area contributed by atoms with E-state index in [1.54, 1.807) is 0 Å². The number of nitrogen functional groups attached to an aromatic ring is 1. The minimum atomic E-state index is -2.83. The van der Waals surface area contributed by atoms with Gasteiger partial charge in [-0.2, -0.15) is 0 Å². The molecule has 17 heavy (non-hydrogen) atoms. The van der Waals surface area contributed by atoms with Crippen molar-refractivity contribution in [2.45, 2.75) is 12.8 Å². The molecule has 5 nitrogen and oxygen atoms in total. The molecule has 0 aliphatic rings. The lowest BCUT2D eigenvalue weighted by molar-refractivity contribution is -0.139. The van der Waals surface area contributed by atoms with Crippen LogP contribution in [0.3, 0.4) is 0 Å². The molecule has 1 heterocycles.